The van der Waals surface area contributed by atoms with E-state index in [-0.39, 0.29) is 17.6 Å². The minimum Gasteiger partial charge on any atom is -0.494 e. The molecular weight excluding hydrogens is 477 g/mol. The molecule has 0 aliphatic carbocycles. The monoisotopic (exact) mass is 507 g/mol. The zero-order valence-corrected chi connectivity index (χ0v) is 20.9. The van der Waals surface area contributed by atoms with Crippen LogP contribution in [0.2, 0.25) is 0 Å². The number of hydrogen-bond donors (Lipinski definition) is 2. The van der Waals surface area contributed by atoms with E-state index in [1.165, 1.54) is 13.2 Å². The fourth-order valence-corrected chi connectivity index (χ4v) is 5.92. The van der Waals surface area contributed by atoms with Gasteiger partial charge in [0.05, 0.1) is 30.9 Å². The van der Waals surface area contributed by atoms with E-state index >= 15 is 0 Å². The third kappa shape index (κ3) is 3.97. The summed E-state index contributed by atoms with van der Waals surface area (Å²) in [5.74, 6) is -0.938. The van der Waals surface area contributed by atoms with E-state index in [1.54, 1.807) is 25.3 Å². The van der Waals surface area contributed by atoms with Crippen molar-refractivity contribution in [2.75, 3.05) is 26.9 Å². The molecule has 0 amide bonds. The van der Waals surface area contributed by atoms with Crippen LogP contribution in [-0.2, 0) is 14.3 Å². The molecule has 2 aliphatic heterocycles. The Labute approximate surface area is 213 Å². The Balaban J connectivity index is 1.61. The highest BCUT2D eigenvalue weighted by Gasteiger charge is 2.41. The quantitative estimate of drug-likeness (QED) is 0.381. The molecule has 37 heavy (non-hydrogen) atoms. The average Bonchev–Trinajstić information content (AvgIpc) is 3.50. The van der Waals surface area contributed by atoms with E-state index in [9.17, 15) is 14.3 Å². The molecule has 4 aromatic rings. The molecule has 2 aliphatic rings. The molecule has 0 bridgehead atoms. The summed E-state index contributed by atoms with van der Waals surface area (Å²) in [6.45, 7) is 3.29. The standard InChI is InChI=1S/C28H30FN3O5/c1-28(27(33)34)8-5-17(15-37-28)25-20-13-22-18(14-30-31-22)11-23(20)32(26(25)16-6-9-36-10-7-16)19-3-4-21(29)24(12-19)35-2/h3-4,11-14,16-17H,5-10,15H2,1-2H3,(H,30,31)(H,33,34)/t17-,28+/m1/s1. The number of aromatic nitrogens is 3. The first-order chi connectivity index (χ1) is 17.9. The maximum Gasteiger partial charge on any atom is 0.335 e. The third-order valence-electron chi connectivity index (χ3n) is 8.04. The van der Waals surface area contributed by atoms with Crippen molar-refractivity contribution in [2.24, 2.45) is 0 Å². The summed E-state index contributed by atoms with van der Waals surface area (Å²) in [6, 6.07) is 9.19. The summed E-state index contributed by atoms with van der Waals surface area (Å²) >= 11 is 0. The predicted molar refractivity (Wildman–Crippen MR) is 136 cm³/mol. The van der Waals surface area contributed by atoms with Crippen LogP contribution < -0.4 is 4.74 Å². The van der Waals surface area contributed by atoms with Crippen molar-refractivity contribution < 1.29 is 28.5 Å². The van der Waals surface area contributed by atoms with Gasteiger partial charge in [0.1, 0.15) is 0 Å². The van der Waals surface area contributed by atoms with Crippen molar-refractivity contribution >= 4 is 27.8 Å². The van der Waals surface area contributed by atoms with Gasteiger partial charge in [-0.1, -0.05) is 0 Å². The Kier molecular flexibility index (Phi) is 5.92. The Morgan fingerprint density at radius 1 is 1.22 bits per heavy atom. The van der Waals surface area contributed by atoms with Crippen LogP contribution in [0.5, 0.6) is 5.75 Å². The Hall–Kier alpha value is -3.43. The van der Waals surface area contributed by atoms with E-state index in [0.29, 0.717) is 32.7 Å². The van der Waals surface area contributed by atoms with Gasteiger partial charge in [0, 0.05) is 53.3 Å². The van der Waals surface area contributed by atoms with Crippen LogP contribution in [0.4, 0.5) is 4.39 Å². The molecule has 0 saturated carbocycles. The number of carboxylic acid groups (broad SMARTS) is 1. The van der Waals surface area contributed by atoms with E-state index in [2.05, 4.69) is 26.9 Å². The first-order valence-electron chi connectivity index (χ1n) is 12.7. The van der Waals surface area contributed by atoms with Gasteiger partial charge in [-0.3, -0.25) is 5.10 Å². The molecule has 2 N–H and O–H groups in total. The lowest BCUT2D eigenvalue weighted by Crippen LogP contribution is -2.43. The number of benzene rings is 2. The normalized spacial score (nSPS) is 23.1. The van der Waals surface area contributed by atoms with Gasteiger partial charge in [-0.25, -0.2) is 9.18 Å². The first-order valence-corrected chi connectivity index (χ1v) is 12.7. The molecule has 0 spiro atoms. The van der Waals surface area contributed by atoms with Gasteiger partial charge >= 0.3 is 5.97 Å². The number of carboxylic acids is 1. The molecule has 6 rings (SSSR count). The third-order valence-corrected chi connectivity index (χ3v) is 8.04. The maximum atomic E-state index is 14.4. The van der Waals surface area contributed by atoms with E-state index in [4.69, 9.17) is 14.2 Å². The molecule has 0 unspecified atom stereocenters. The average molecular weight is 508 g/mol. The summed E-state index contributed by atoms with van der Waals surface area (Å²) in [5.41, 5.74) is 3.85. The van der Waals surface area contributed by atoms with E-state index in [1.807, 2.05) is 0 Å². The van der Waals surface area contributed by atoms with Crippen LogP contribution in [0.25, 0.3) is 27.5 Å². The Morgan fingerprint density at radius 2 is 2.03 bits per heavy atom. The van der Waals surface area contributed by atoms with Crippen molar-refractivity contribution in [3.63, 3.8) is 0 Å². The Morgan fingerprint density at radius 3 is 2.73 bits per heavy atom. The fourth-order valence-electron chi connectivity index (χ4n) is 5.92. The summed E-state index contributed by atoms with van der Waals surface area (Å²) in [6.07, 6.45) is 4.63. The number of nitrogens with one attached hydrogen (secondary N) is 1. The lowest BCUT2D eigenvalue weighted by atomic mass is 9.82. The van der Waals surface area contributed by atoms with Gasteiger partial charge in [-0.15, -0.1) is 0 Å². The highest BCUT2D eigenvalue weighted by atomic mass is 19.1. The summed E-state index contributed by atoms with van der Waals surface area (Å²) in [5, 5.41) is 19.1. The van der Waals surface area contributed by atoms with E-state index < -0.39 is 17.4 Å². The minimum absolute atomic E-state index is 0.0109. The largest absolute Gasteiger partial charge is 0.494 e. The van der Waals surface area contributed by atoms with Gasteiger partial charge < -0.3 is 23.9 Å². The number of carbonyl (C=O) groups is 1. The summed E-state index contributed by atoms with van der Waals surface area (Å²) in [7, 11) is 1.47. The van der Waals surface area contributed by atoms with Crippen molar-refractivity contribution in [2.45, 2.75) is 50.0 Å². The van der Waals surface area contributed by atoms with Crippen molar-refractivity contribution in [1.82, 2.24) is 14.8 Å². The molecule has 2 saturated heterocycles. The minimum atomic E-state index is -1.19. The number of fused-ring (bicyclic) bond motifs is 2. The molecule has 0 radical (unpaired) electrons. The number of aliphatic carboxylic acids is 1. The van der Waals surface area contributed by atoms with Gasteiger partial charge in [-0.05, 0) is 62.4 Å². The van der Waals surface area contributed by atoms with Gasteiger partial charge in [0.25, 0.3) is 0 Å². The zero-order valence-electron chi connectivity index (χ0n) is 20.9. The smallest absolute Gasteiger partial charge is 0.335 e. The van der Waals surface area contributed by atoms with E-state index in [0.717, 1.165) is 51.6 Å². The fraction of sp³-hybridized carbons (Fsp3) is 0.429. The summed E-state index contributed by atoms with van der Waals surface area (Å²) < 4.78 is 33.7. The van der Waals surface area contributed by atoms with Crippen LogP contribution in [0, 0.1) is 5.82 Å². The lowest BCUT2D eigenvalue weighted by molar-refractivity contribution is -0.170. The molecule has 4 heterocycles. The van der Waals surface area contributed by atoms with Gasteiger partial charge in [-0.2, -0.15) is 5.10 Å². The SMILES string of the molecule is COc1cc(-n2c(C3CCOCC3)c([C@@H]3CC[C@@](C)(C(=O)O)OC3)c3cc4[nH]ncc4cc32)ccc1F. The molecule has 8 nitrogen and oxygen atoms in total. The second-order valence-corrected chi connectivity index (χ2v) is 10.2. The first kappa shape index (κ1) is 23.9. The van der Waals surface area contributed by atoms with Crippen molar-refractivity contribution in [3.8, 4) is 11.4 Å². The van der Waals surface area contributed by atoms with Crippen molar-refractivity contribution in [3.05, 3.63) is 53.6 Å². The topological polar surface area (TPSA) is 98.6 Å². The molecule has 2 atom stereocenters. The van der Waals surface area contributed by atoms with Gasteiger partial charge in [0.2, 0.25) is 0 Å². The molecule has 9 heteroatoms. The number of aromatic amines is 1. The number of ether oxygens (including phenoxy) is 3. The number of methoxy groups -OCH3 is 1. The molecule has 194 valence electrons. The van der Waals surface area contributed by atoms with Crippen LogP contribution in [0.15, 0.2) is 36.5 Å². The molecule has 2 fully saturated rings. The highest BCUT2D eigenvalue weighted by molar-refractivity contribution is 5.99. The second kappa shape index (κ2) is 9.15. The zero-order chi connectivity index (χ0) is 25.7. The van der Waals surface area contributed by atoms with Crippen LogP contribution in [0.1, 0.15) is 55.7 Å². The second-order valence-electron chi connectivity index (χ2n) is 10.2. The van der Waals surface area contributed by atoms with Crippen molar-refractivity contribution in [1.29, 1.82) is 0 Å². The van der Waals surface area contributed by atoms with Crippen LogP contribution in [0.3, 0.4) is 0 Å². The predicted octanol–water partition coefficient (Wildman–Crippen LogP) is 5.29. The number of halogens is 1. The van der Waals surface area contributed by atoms with Crippen LogP contribution >= 0.6 is 0 Å². The number of H-pyrrole nitrogens is 1. The lowest BCUT2D eigenvalue weighted by Gasteiger charge is -2.35. The molecule has 2 aromatic carbocycles. The number of hydrogen-bond acceptors (Lipinski definition) is 5. The molecule has 2 aromatic heterocycles. The van der Waals surface area contributed by atoms with Crippen LogP contribution in [-0.4, -0.2) is 58.4 Å². The number of rotatable bonds is 5. The molecular formula is C28H30FN3O5. The van der Waals surface area contributed by atoms with Gasteiger partial charge in [0.15, 0.2) is 17.2 Å². The number of nitrogens with zero attached hydrogens (tertiary/aromatic N) is 2. The Bertz CT molecular complexity index is 1480. The highest BCUT2D eigenvalue weighted by Crippen LogP contribution is 2.46. The maximum absolute atomic E-state index is 14.4. The summed E-state index contributed by atoms with van der Waals surface area (Å²) in [4.78, 5) is 11.8.